The van der Waals surface area contributed by atoms with Crippen molar-refractivity contribution in [1.29, 1.82) is 0 Å². The van der Waals surface area contributed by atoms with E-state index < -0.39 is 5.43 Å². The Labute approximate surface area is 136 Å². The van der Waals surface area contributed by atoms with Gasteiger partial charge in [-0.05, 0) is 12.1 Å². The molecule has 0 spiro atoms. The molecular weight excluding hydrogens is 330 g/mol. The third kappa shape index (κ3) is 2.72. The molecule has 2 heterocycles. The van der Waals surface area contributed by atoms with E-state index in [1.807, 2.05) is 4.90 Å². The van der Waals surface area contributed by atoms with E-state index in [9.17, 15) is 14.3 Å². The number of hydrogen-bond acceptors (Lipinski definition) is 3. The lowest BCUT2D eigenvalue weighted by Gasteiger charge is -2.31. The zero-order valence-corrected chi connectivity index (χ0v) is 13.0. The van der Waals surface area contributed by atoms with E-state index in [1.54, 1.807) is 16.7 Å². The number of pyridine rings is 1. The third-order valence-corrected chi connectivity index (χ3v) is 4.53. The molecule has 1 aliphatic heterocycles. The maximum Gasteiger partial charge on any atom is 0.241 e. The van der Waals surface area contributed by atoms with Crippen LogP contribution in [0, 0.1) is 5.82 Å². The van der Waals surface area contributed by atoms with Gasteiger partial charge in [0.2, 0.25) is 5.43 Å². The fraction of sp³-hybridized carbons (Fsp3) is 0.267. The fourth-order valence-electron chi connectivity index (χ4n) is 2.60. The highest BCUT2D eigenvalue weighted by molar-refractivity contribution is 6.31. The molecule has 1 aromatic heterocycles. The molecule has 116 valence electrons. The minimum atomic E-state index is -0.585. The average molecular weight is 343 g/mol. The number of halogens is 3. The van der Waals surface area contributed by atoms with Crippen LogP contribution in [0.1, 0.15) is 11.3 Å². The van der Waals surface area contributed by atoms with Crippen molar-refractivity contribution >= 4 is 23.2 Å². The summed E-state index contributed by atoms with van der Waals surface area (Å²) in [6.07, 6.45) is 1.39. The Kier molecular flexibility index (Phi) is 4.12. The number of rotatable bonds is 2. The van der Waals surface area contributed by atoms with Crippen molar-refractivity contribution in [3.8, 4) is 5.75 Å². The van der Waals surface area contributed by atoms with Crippen LogP contribution in [0.2, 0.25) is 10.0 Å². The number of benzene rings is 1. The van der Waals surface area contributed by atoms with Gasteiger partial charge in [-0.3, -0.25) is 9.69 Å². The molecule has 0 radical (unpaired) electrons. The van der Waals surface area contributed by atoms with Crippen molar-refractivity contribution in [2.75, 3.05) is 6.54 Å². The van der Waals surface area contributed by atoms with Crippen molar-refractivity contribution in [2.24, 2.45) is 0 Å². The molecule has 0 bridgehead atoms. The maximum atomic E-state index is 13.9. The van der Waals surface area contributed by atoms with Gasteiger partial charge >= 0.3 is 0 Å². The highest BCUT2D eigenvalue weighted by atomic mass is 35.5. The Bertz CT molecular complexity index is 772. The van der Waals surface area contributed by atoms with E-state index in [-0.39, 0.29) is 16.6 Å². The highest BCUT2D eigenvalue weighted by Crippen LogP contribution is 2.25. The van der Waals surface area contributed by atoms with Crippen LogP contribution in [0.5, 0.6) is 5.75 Å². The maximum absolute atomic E-state index is 13.9. The van der Waals surface area contributed by atoms with E-state index in [0.717, 1.165) is 0 Å². The predicted molar refractivity (Wildman–Crippen MR) is 82.9 cm³/mol. The molecule has 2 aromatic rings. The van der Waals surface area contributed by atoms with Crippen molar-refractivity contribution in [2.45, 2.75) is 19.6 Å². The number of aromatic nitrogens is 1. The topological polar surface area (TPSA) is 45.5 Å². The summed E-state index contributed by atoms with van der Waals surface area (Å²) in [6.45, 7) is 1.90. The number of nitrogens with zero attached hydrogens (tertiary/aromatic N) is 2. The lowest BCUT2D eigenvalue weighted by molar-refractivity contribution is 0.207. The smallest absolute Gasteiger partial charge is 0.241 e. The zero-order valence-electron chi connectivity index (χ0n) is 11.5. The first-order chi connectivity index (χ1) is 10.5. The molecule has 7 heteroatoms. The summed E-state index contributed by atoms with van der Waals surface area (Å²) in [5.41, 5.74) is 0.455. The predicted octanol–water partition coefficient (Wildman–Crippen LogP) is 3.02. The van der Waals surface area contributed by atoms with Crippen LogP contribution in [0.25, 0.3) is 0 Å². The molecule has 3 rings (SSSR count). The van der Waals surface area contributed by atoms with E-state index in [1.165, 1.54) is 12.3 Å². The lowest BCUT2D eigenvalue weighted by Crippen LogP contribution is -2.35. The molecule has 1 aliphatic rings. The average Bonchev–Trinajstić information content (AvgIpc) is 2.49. The molecule has 0 saturated carbocycles. The first kappa shape index (κ1) is 15.3. The second-order valence-electron chi connectivity index (χ2n) is 5.21. The van der Waals surface area contributed by atoms with Crippen molar-refractivity contribution in [3.63, 3.8) is 0 Å². The second-order valence-corrected chi connectivity index (χ2v) is 5.99. The molecule has 0 aliphatic carbocycles. The Morgan fingerprint density at radius 1 is 1.27 bits per heavy atom. The Balaban J connectivity index is 1.89. The molecule has 0 amide bonds. The molecule has 1 aromatic carbocycles. The molecule has 4 nitrogen and oxygen atoms in total. The summed E-state index contributed by atoms with van der Waals surface area (Å²) in [5, 5.41) is 9.91. The zero-order chi connectivity index (χ0) is 15.9. The van der Waals surface area contributed by atoms with Crippen LogP contribution in [0.3, 0.4) is 0 Å². The largest absolute Gasteiger partial charge is 0.503 e. The van der Waals surface area contributed by atoms with Crippen molar-refractivity contribution < 1.29 is 9.50 Å². The number of hydrogen-bond donors (Lipinski definition) is 1. The van der Waals surface area contributed by atoms with Gasteiger partial charge in [0.15, 0.2) is 5.75 Å². The number of aromatic hydroxyl groups is 1. The Hall–Kier alpha value is -1.56. The van der Waals surface area contributed by atoms with E-state index in [2.05, 4.69) is 0 Å². The minimum absolute atomic E-state index is 0.00401. The summed E-state index contributed by atoms with van der Waals surface area (Å²) < 4.78 is 15.6. The molecule has 1 N–H and O–H groups in total. The third-order valence-electron chi connectivity index (χ3n) is 3.78. The first-order valence-corrected chi connectivity index (χ1v) is 7.49. The summed E-state index contributed by atoms with van der Waals surface area (Å²) >= 11 is 12.1. The van der Waals surface area contributed by atoms with Crippen LogP contribution in [-0.2, 0) is 19.6 Å². The summed E-state index contributed by atoms with van der Waals surface area (Å²) in [6, 6.07) is 4.58. The molecule has 0 saturated heterocycles. The minimum Gasteiger partial charge on any atom is -0.503 e. The van der Waals surface area contributed by atoms with Crippen molar-refractivity contribution in [1.82, 2.24) is 9.47 Å². The van der Waals surface area contributed by atoms with E-state index in [4.69, 9.17) is 23.2 Å². The molecular formula is C15H13Cl2FN2O2. The van der Waals surface area contributed by atoms with Gasteiger partial charge in [0, 0.05) is 36.8 Å². The molecule has 22 heavy (non-hydrogen) atoms. The van der Waals surface area contributed by atoms with Crippen LogP contribution < -0.4 is 5.43 Å². The van der Waals surface area contributed by atoms with Crippen LogP contribution >= 0.6 is 23.2 Å². The fourth-order valence-corrected chi connectivity index (χ4v) is 3.08. The van der Waals surface area contributed by atoms with Gasteiger partial charge in [-0.25, -0.2) is 4.39 Å². The van der Waals surface area contributed by atoms with Gasteiger partial charge in [-0.15, -0.1) is 0 Å². The number of fused-ring (bicyclic) bond motifs is 1. The SMILES string of the molecule is O=c1c(O)cn2c(c1Cl)CN(Cc1c(F)cccc1Cl)CC2. The lowest BCUT2D eigenvalue weighted by atomic mass is 10.1. The summed E-state index contributed by atoms with van der Waals surface area (Å²) in [5.74, 6) is -0.716. The van der Waals surface area contributed by atoms with E-state index >= 15 is 0 Å². The van der Waals surface area contributed by atoms with Gasteiger partial charge in [0.25, 0.3) is 0 Å². The van der Waals surface area contributed by atoms with E-state index in [0.29, 0.717) is 42.5 Å². The summed E-state index contributed by atoms with van der Waals surface area (Å²) in [4.78, 5) is 13.7. The molecule has 0 atom stereocenters. The summed E-state index contributed by atoms with van der Waals surface area (Å²) in [7, 11) is 0. The first-order valence-electron chi connectivity index (χ1n) is 6.73. The molecule has 0 unspecified atom stereocenters. The van der Waals surface area contributed by atoms with Gasteiger partial charge in [0.1, 0.15) is 10.8 Å². The highest BCUT2D eigenvalue weighted by Gasteiger charge is 2.22. The standard InChI is InChI=1S/C15H13Cl2FN2O2/c16-10-2-1-3-11(18)9(10)6-19-4-5-20-8-13(21)15(22)14(17)12(20)7-19/h1-3,8,21H,4-7H2. The Morgan fingerprint density at radius 3 is 2.77 bits per heavy atom. The van der Waals surface area contributed by atoms with Gasteiger partial charge in [-0.1, -0.05) is 29.3 Å². The second kappa shape index (κ2) is 5.91. The van der Waals surface area contributed by atoms with Gasteiger partial charge < -0.3 is 9.67 Å². The van der Waals surface area contributed by atoms with Crippen LogP contribution in [-0.4, -0.2) is 21.1 Å². The van der Waals surface area contributed by atoms with Crippen LogP contribution in [0.4, 0.5) is 4.39 Å². The van der Waals surface area contributed by atoms with Gasteiger partial charge in [-0.2, -0.15) is 0 Å². The van der Waals surface area contributed by atoms with Crippen LogP contribution in [0.15, 0.2) is 29.2 Å². The van der Waals surface area contributed by atoms with Gasteiger partial charge in [0.05, 0.1) is 11.9 Å². The van der Waals surface area contributed by atoms with Crippen molar-refractivity contribution in [3.05, 3.63) is 61.7 Å². The monoisotopic (exact) mass is 342 g/mol. The Morgan fingerprint density at radius 2 is 2.05 bits per heavy atom. The normalized spacial score (nSPS) is 14.9. The molecule has 0 fully saturated rings. The quantitative estimate of drug-likeness (QED) is 0.912.